The van der Waals surface area contributed by atoms with E-state index in [1.807, 2.05) is 42.3 Å². The average Bonchev–Trinajstić information content (AvgIpc) is 2.41. The summed E-state index contributed by atoms with van der Waals surface area (Å²) in [5.41, 5.74) is 2.48. The van der Waals surface area contributed by atoms with E-state index in [2.05, 4.69) is 0 Å². The Bertz CT molecular complexity index is 598. The molecule has 0 atom stereocenters. The molecule has 0 saturated carbocycles. The Kier molecular flexibility index (Phi) is 4.46. The van der Waals surface area contributed by atoms with Gasteiger partial charge < -0.3 is 4.90 Å². The molecule has 0 aromatic heterocycles. The lowest BCUT2D eigenvalue weighted by Gasteiger charge is -2.20. The van der Waals surface area contributed by atoms with Gasteiger partial charge in [-0.2, -0.15) is 0 Å². The number of hydrogen-bond acceptors (Lipinski definition) is 2. The number of rotatable bonds is 4. The van der Waals surface area contributed by atoms with Crippen molar-refractivity contribution >= 4 is 35.2 Å². The van der Waals surface area contributed by atoms with Gasteiger partial charge >= 0.3 is 0 Å². The third-order valence-electron chi connectivity index (χ3n) is 2.92. The van der Waals surface area contributed by atoms with Gasteiger partial charge in [0.25, 0.3) is 0 Å². The highest BCUT2D eigenvalue weighted by Crippen LogP contribution is 2.24. The van der Waals surface area contributed by atoms with Gasteiger partial charge in [0, 0.05) is 29.9 Å². The molecule has 0 amide bonds. The maximum Gasteiger partial charge on any atom is 0.151 e. The summed E-state index contributed by atoms with van der Waals surface area (Å²) < 4.78 is 0. The molecule has 2 rings (SSSR count). The van der Waals surface area contributed by atoms with Crippen molar-refractivity contribution < 1.29 is 4.79 Å². The molecule has 98 valence electrons. The third-order valence-corrected chi connectivity index (χ3v) is 3.61. The van der Waals surface area contributed by atoms with Gasteiger partial charge in [0.15, 0.2) is 6.29 Å². The minimum Gasteiger partial charge on any atom is -0.370 e. The second-order valence-corrected chi connectivity index (χ2v) is 5.09. The van der Waals surface area contributed by atoms with Crippen LogP contribution >= 0.6 is 23.2 Å². The van der Waals surface area contributed by atoms with Gasteiger partial charge in [-0.05, 0) is 29.8 Å². The predicted octanol–water partition coefficient (Wildman–Crippen LogP) is 4.44. The predicted molar refractivity (Wildman–Crippen MR) is 80.4 cm³/mol. The highest BCUT2D eigenvalue weighted by atomic mass is 35.5. The van der Waals surface area contributed by atoms with Crippen LogP contribution in [0.5, 0.6) is 0 Å². The summed E-state index contributed by atoms with van der Waals surface area (Å²) in [4.78, 5) is 12.8. The van der Waals surface area contributed by atoms with E-state index in [0.717, 1.165) is 22.6 Å². The minimum absolute atomic E-state index is 0.457. The molecule has 0 spiro atoms. The lowest BCUT2D eigenvalue weighted by Crippen LogP contribution is -2.16. The number of carbonyl (C=O) groups excluding carboxylic acids is 1. The van der Waals surface area contributed by atoms with Crippen LogP contribution in [-0.2, 0) is 6.54 Å². The Hall–Kier alpha value is -1.51. The van der Waals surface area contributed by atoms with E-state index in [0.29, 0.717) is 17.1 Å². The molecule has 0 bridgehead atoms. The molecule has 0 saturated heterocycles. The van der Waals surface area contributed by atoms with Crippen LogP contribution in [-0.4, -0.2) is 13.3 Å². The van der Waals surface area contributed by atoms with Crippen LogP contribution in [0.4, 0.5) is 5.69 Å². The quantitative estimate of drug-likeness (QED) is 0.777. The Morgan fingerprint density at radius 2 is 1.84 bits per heavy atom. The summed E-state index contributed by atoms with van der Waals surface area (Å²) in [5, 5.41) is 1.20. The fraction of sp³-hybridized carbons (Fsp3) is 0.133. The SMILES string of the molecule is CN(Cc1ccccc1Cl)c1ccc(C=O)c(Cl)c1. The zero-order valence-electron chi connectivity index (χ0n) is 10.4. The highest BCUT2D eigenvalue weighted by Gasteiger charge is 2.07. The van der Waals surface area contributed by atoms with Gasteiger partial charge in [-0.25, -0.2) is 0 Å². The van der Waals surface area contributed by atoms with Crippen molar-refractivity contribution in [3.05, 3.63) is 63.6 Å². The highest BCUT2D eigenvalue weighted by molar-refractivity contribution is 6.33. The van der Waals surface area contributed by atoms with Crippen molar-refractivity contribution in [1.82, 2.24) is 0 Å². The summed E-state index contributed by atoms with van der Waals surface area (Å²) in [6, 6.07) is 13.1. The van der Waals surface area contributed by atoms with Crippen molar-refractivity contribution in [3.8, 4) is 0 Å². The monoisotopic (exact) mass is 293 g/mol. The number of nitrogens with zero attached hydrogens (tertiary/aromatic N) is 1. The first-order valence-corrected chi connectivity index (χ1v) is 6.56. The second-order valence-electron chi connectivity index (χ2n) is 4.27. The summed E-state index contributed by atoms with van der Waals surface area (Å²) in [6.07, 6.45) is 0.750. The fourth-order valence-corrected chi connectivity index (χ4v) is 2.24. The van der Waals surface area contributed by atoms with Gasteiger partial charge in [-0.3, -0.25) is 4.79 Å². The molecule has 0 heterocycles. The van der Waals surface area contributed by atoms with Crippen LogP contribution in [0.2, 0.25) is 10.0 Å². The zero-order chi connectivity index (χ0) is 13.8. The van der Waals surface area contributed by atoms with E-state index in [1.54, 1.807) is 12.1 Å². The summed E-state index contributed by atoms with van der Waals surface area (Å²) in [5.74, 6) is 0. The average molecular weight is 294 g/mol. The fourth-order valence-electron chi connectivity index (χ4n) is 1.82. The first-order chi connectivity index (χ1) is 9.11. The summed E-state index contributed by atoms with van der Waals surface area (Å²) in [7, 11) is 1.95. The maximum absolute atomic E-state index is 10.7. The molecule has 2 aromatic rings. The molecule has 0 aliphatic heterocycles. The molecular weight excluding hydrogens is 281 g/mol. The Morgan fingerprint density at radius 3 is 2.47 bits per heavy atom. The van der Waals surface area contributed by atoms with Crippen LogP contribution in [0, 0.1) is 0 Å². The first kappa shape index (κ1) is 13.9. The number of halogens is 2. The van der Waals surface area contributed by atoms with Gasteiger partial charge in [0.05, 0.1) is 5.02 Å². The molecule has 0 unspecified atom stereocenters. The Morgan fingerprint density at radius 1 is 1.11 bits per heavy atom. The molecule has 0 fully saturated rings. The molecule has 0 radical (unpaired) electrons. The number of carbonyl (C=O) groups is 1. The van der Waals surface area contributed by atoms with Crippen molar-refractivity contribution in [1.29, 1.82) is 0 Å². The number of anilines is 1. The summed E-state index contributed by atoms with van der Waals surface area (Å²) in [6.45, 7) is 0.677. The normalized spacial score (nSPS) is 10.3. The van der Waals surface area contributed by atoms with Crippen molar-refractivity contribution in [2.45, 2.75) is 6.54 Å². The molecule has 2 nitrogen and oxygen atoms in total. The molecule has 0 aliphatic rings. The molecule has 4 heteroatoms. The van der Waals surface area contributed by atoms with Crippen LogP contribution in [0.25, 0.3) is 0 Å². The maximum atomic E-state index is 10.7. The topological polar surface area (TPSA) is 20.3 Å². The lowest BCUT2D eigenvalue weighted by atomic mass is 10.2. The number of benzene rings is 2. The standard InChI is InChI=1S/C15H13Cl2NO/c1-18(9-11-4-2-3-5-14(11)16)13-7-6-12(10-19)15(17)8-13/h2-8,10H,9H2,1H3. The van der Waals surface area contributed by atoms with E-state index in [-0.39, 0.29) is 0 Å². The van der Waals surface area contributed by atoms with Crippen LogP contribution in [0.15, 0.2) is 42.5 Å². The zero-order valence-corrected chi connectivity index (χ0v) is 11.9. The van der Waals surface area contributed by atoms with Gasteiger partial charge in [0.2, 0.25) is 0 Å². The van der Waals surface area contributed by atoms with Crippen molar-refractivity contribution in [3.63, 3.8) is 0 Å². The summed E-state index contributed by atoms with van der Waals surface area (Å²) >= 11 is 12.2. The molecule has 0 aliphatic carbocycles. The van der Waals surface area contributed by atoms with Crippen LogP contribution in [0.1, 0.15) is 15.9 Å². The van der Waals surface area contributed by atoms with Crippen LogP contribution < -0.4 is 4.90 Å². The van der Waals surface area contributed by atoms with E-state index < -0.39 is 0 Å². The third kappa shape index (κ3) is 3.28. The smallest absolute Gasteiger partial charge is 0.151 e. The Balaban J connectivity index is 2.20. The largest absolute Gasteiger partial charge is 0.370 e. The van der Waals surface area contributed by atoms with E-state index in [1.165, 1.54) is 0 Å². The molecule has 19 heavy (non-hydrogen) atoms. The van der Waals surface area contributed by atoms with E-state index >= 15 is 0 Å². The molecule has 0 N–H and O–H groups in total. The van der Waals surface area contributed by atoms with Crippen molar-refractivity contribution in [2.75, 3.05) is 11.9 Å². The van der Waals surface area contributed by atoms with Gasteiger partial charge in [-0.1, -0.05) is 41.4 Å². The second kappa shape index (κ2) is 6.09. The van der Waals surface area contributed by atoms with Crippen LogP contribution in [0.3, 0.4) is 0 Å². The minimum atomic E-state index is 0.457. The first-order valence-electron chi connectivity index (χ1n) is 5.81. The van der Waals surface area contributed by atoms with Crippen molar-refractivity contribution in [2.24, 2.45) is 0 Å². The van der Waals surface area contributed by atoms with E-state index in [4.69, 9.17) is 23.2 Å². The van der Waals surface area contributed by atoms with E-state index in [9.17, 15) is 4.79 Å². The van der Waals surface area contributed by atoms with Gasteiger partial charge in [0.1, 0.15) is 0 Å². The molecule has 2 aromatic carbocycles. The van der Waals surface area contributed by atoms with Gasteiger partial charge in [-0.15, -0.1) is 0 Å². The Labute approximate surface area is 122 Å². The lowest BCUT2D eigenvalue weighted by molar-refractivity contribution is 0.112. The number of hydrogen-bond donors (Lipinski definition) is 0. The number of aldehydes is 1. The molecular formula is C15H13Cl2NO.